The molecular formula is C21H37Cl2N3O3. The van der Waals surface area contributed by atoms with Crippen molar-refractivity contribution in [1.82, 2.24) is 4.90 Å². The molecule has 29 heavy (non-hydrogen) atoms. The van der Waals surface area contributed by atoms with Gasteiger partial charge in [0.25, 0.3) is 0 Å². The standard InChI is InChI=1S/C21H35N3O3.2ClH/c1-6-24(7-2)13-14-27-17-11-9-16(10-12-17)23-19(25)21(22)15-18(26-8-3)20(21,4)5;;/h9-12,18H,6-8,13-15,22H2,1-5H3,(H,23,25);2*1H. The topological polar surface area (TPSA) is 76.8 Å². The first-order valence-electron chi connectivity index (χ1n) is 9.95. The molecule has 1 aromatic rings. The van der Waals surface area contributed by atoms with E-state index in [1.165, 1.54) is 0 Å². The Balaban J connectivity index is 0.00000392. The normalized spacial score (nSPS) is 22.1. The van der Waals surface area contributed by atoms with Gasteiger partial charge in [-0.1, -0.05) is 27.7 Å². The third-order valence-corrected chi connectivity index (χ3v) is 5.92. The molecule has 0 bridgehead atoms. The highest BCUT2D eigenvalue weighted by molar-refractivity contribution is 5.99. The Morgan fingerprint density at radius 3 is 2.24 bits per heavy atom. The van der Waals surface area contributed by atoms with Crippen LogP contribution in [0.4, 0.5) is 5.69 Å². The van der Waals surface area contributed by atoms with E-state index in [-0.39, 0.29) is 36.8 Å². The van der Waals surface area contributed by atoms with Crippen molar-refractivity contribution in [1.29, 1.82) is 0 Å². The fourth-order valence-corrected chi connectivity index (χ4v) is 3.53. The number of benzene rings is 1. The maximum Gasteiger partial charge on any atom is 0.245 e. The van der Waals surface area contributed by atoms with Gasteiger partial charge in [0, 0.05) is 30.7 Å². The van der Waals surface area contributed by atoms with Crippen LogP contribution < -0.4 is 15.8 Å². The fourth-order valence-electron chi connectivity index (χ4n) is 3.53. The Hall–Kier alpha value is -1.05. The second-order valence-corrected chi connectivity index (χ2v) is 7.69. The van der Waals surface area contributed by atoms with Crippen molar-refractivity contribution >= 4 is 36.4 Å². The van der Waals surface area contributed by atoms with E-state index in [1.54, 1.807) is 0 Å². The molecule has 1 aromatic carbocycles. The Morgan fingerprint density at radius 2 is 1.76 bits per heavy atom. The van der Waals surface area contributed by atoms with E-state index in [0.717, 1.165) is 31.1 Å². The summed E-state index contributed by atoms with van der Waals surface area (Å²) >= 11 is 0. The number of ether oxygens (including phenoxy) is 2. The molecule has 0 saturated heterocycles. The van der Waals surface area contributed by atoms with Crippen molar-refractivity contribution in [2.75, 3.05) is 38.2 Å². The molecule has 3 N–H and O–H groups in total. The predicted molar refractivity (Wildman–Crippen MR) is 124 cm³/mol. The molecule has 0 spiro atoms. The molecule has 1 saturated carbocycles. The minimum Gasteiger partial charge on any atom is -0.492 e. The van der Waals surface area contributed by atoms with Gasteiger partial charge in [0.05, 0.1) is 6.10 Å². The van der Waals surface area contributed by atoms with Crippen LogP contribution in [-0.4, -0.2) is 55.3 Å². The number of rotatable bonds is 10. The van der Waals surface area contributed by atoms with E-state index in [9.17, 15) is 4.79 Å². The van der Waals surface area contributed by atoms with Gasteiger partial charge in [-0.05, 0) is 44.3 Å². The molecule has 2 unspecified atom stereocenters. The molecule has 2 rings (SSSR count). The van der Waals surface area contributed by atoms with E-state index in [0.29, 0.717) is 19.6 Å². The summed E-state index contributed by atoms with van der Waals surface area (Å²) in [5.41, 5.74) is 5.81. The Morgan fingerprint density at radius 1 is 1.17 bits per heavy atom. The van der Waals surface area contributed by atoms with Crippen LogP contribution >= 0.6 is 24.8 Å². The Bertz CT molecular complexity index is 624. The molecule has 1 aliphatic rings. The van der Waals surface area contributed by atoms with Crippen molar-refractivity contribution in [3.8, 4) is 5.75 Å². The number of carbonyl (C=O) groups excluding carboxylic acids is 1. The molecule has 168 valence electrons. The highest BCUT2D eigenvalue weighted by atomic mass is 35.5. The molecule has 0 aliphatic heterocycles. The average molecular weight is 450 g/mol. The number of amides is 1. The summed E-state index contributed by atoms with van der Waals surface area (Å²) in [5, 5.41) is 2.94. The summed E-state index contributed by atoms with van der Waals surface area (Å²) in [6.07, 6.45) is 0.548. The average Bonchev–Trinajstić information content (AvgIpc) is 2.66. The number of nitrogens with one attached hydrogen (secondary N) is 1. The summed E-state index contributed by atoms with van der Waals surface area (Å²) < 4.78 is 11.5. The molecule has 1 amide bonds. The molecular weight excluding hydrogens is 413 g/mol. The fraction of sp³-hybridized carbons (Fsp3) is 0.667. The van der Waals surface area contributed by atoms with Crippen LogP contribution in [0.1, 0.15) is 41.0 Å². The van der Waals surface area contributed by atoms with Gasteiger partial charge in [0.1, 0.15) is 17.9 Å². The molecule has 6 nitrogen and oxygen atoms in total. The Kier molecular flexibility index (Phi) is 11.5. The Labute approximate surface area is 187 Å². The number of anilines is 1. The summed E-state index contributed by atoms with van der Waals surface area (Å²) in [5.74, 6) is 0.627. The summed E-state index contributed by atoms with van der Waals surface area (Å²) in [6.45, 7) is 14.4. The van der Waals surface area contributed by atoms with Crippen molar-refractivity contribution in [3.63, 3.8) is 0 Å². The number of nitrogens with two attached hydrogens (primary N) is 1. The lowest BCUT2D eigenvalue weighted by atomic mass is 9.54. The molecule has 0 heterocycles. The first-order valence-corrected chi connectivity index (χ1v) is 9.95. The van der Waals surface area contributed by atoms with E-state index in [4.69, 9.17) is 15.2 Å². The van der Waals surface area contributed by atoms with Crippen molar-refractivity contribution in [2.24, 2.45) is 11.1 Å². The van der Waals surface area contributed by atoms with Gasteiger partial charge in [-0.2, -0.15) is 0 Å². The predicted octanol–water partition coefficient (Wildman–Crippen LogP) is 3.72. The quantitative estimate of drug-likeness (QED) is 0.568. The van der Waals surface area contributed by atoms with Crippen molar-refractivity contribution in [3.05, 3.63) is 24.3 Å². The monoisotopic (exact) mass is 449 g/mol. The van der Waals surface area contributed by atoms with E-state index in [1.807, 2.05) is 45.0 Å². The third-order valence-electron chi connectivity index (χ3n) is 5.92. The lowest BCUT2D eigenvalue weighted by Gasteiger charge is -2.57. The zero-order chi connectivity index (χ0) is 20.1. The van der Waals surface area contributed by atoms with Gasteiger partial charge in [-0.15, -0.1) is 24.8 Å². The van der Waals surface area contributed by atoms with Gasteiger partial charge in [0.15, 0.2) is 0 Å². The van der Waals surface area contributed by atoms with Crippen LogP contribution in [0, 0.1) is 5.41 Å². The number of likely N-dealkylation sites (N-methyl/N-ethyl adjacent to an activating group) is 1. The van der Waals surface area contributed by atoms with Gasteiger partial charge in [-0.25, -0.2) is 0 Å². The molecule has 1 fully saturated rings. The SMILES string of the molecule is CCOC1CC(N)(C(=O)Nc2ccc(OCCN(CC)CC)cc2)C1(C)C.Cl.Cl. The van der Waals surface area contributed by atoms with Crippen molar-refractivity contribution in [2.45, 2.75) is 52.7 Å². The number of nitrogens with zero attached hydrogens (tertiary/aromatic N) is 1. The lowest BCUT2D eigenvalue weighted by molar-refractivity contribution is -0.166. The zero-order valence-corrected chi connectivity index (χ0v) is 19.8. The molecule has 1 aliphatic carbocycles. The molecule has 0 aromatic heterocycles. The van der Waals surface area contributed by atoms with Crippen LogP contribution in [-0.2, 0) is 9.53 Å². The van der Waals surface area contributed by atoms with Crippen LogP contribution in [0.2, 0.25) is 0 Å². The largest absolute Gasteiger partial charge is 0.492 e. The van der Waals surface area contributed by atoms with Gasteiger partial charge in [-0.3, -0.25) is 4.79 Å². The number of hydrogen-bond acceptors (Lipinski definition) is 5. The van der Waals surface area contributed by atoms with Crippen LogP contribution in [0.15, 0.2) is 24.3 Å². The van der Waals surface area contributed by atoms with E-state index in [2.05, 4.69) is 24.1 Å². The molecule has 8 heteroatoms. The smallest absolute Gasteiger partial charge is 0.245 e. The summed E-state index contributed by atoms with van der Waals surface area (Å²) in [6, 6.07) is 7.44. The third kappa shape index (κ3) is 6.22. The summed E-state index contributed by atoms with van der Waals surface area (Å²) in [7, 11) is 0. The molecule has 2 atom stereocenters. The van der Waals surface area contributed by atoms with Crippen LogP contribution in [0.25, 0.3) is 0 Å². The van der Waals surface area contributed by atoms with Crippen molar-refractivity contribution < 1.29 is 14.3 Å². The minimum atomic E-state index is -0.925. The molecule has 0 radical (unpaired) electrons. The second kappa shape index (κ2) is 12.0. The minimum absolute atomic E-state index is 0. The first-order chi connectivity index (χ1) is 12.8. The lowest BCUT2D eigenvalue weighted by Crippen LogP contribution is -2.74. The van der Waals surface area contributed by atoms with Crippen LogP contribution in [0.5, 0.6) is 5.75 Å². The van der Waals surface area contributed by atoms with E-state index >= 15 is 0 Å². The van der Waals surface area contributed by atoms with Gasteiger partial charge < -0.3 is 25.4 Å². The number of halogens is 2. The van der Waals surface area contributed by atoms with Gasteiger partial charge >= 0.3 is 0 Å². The summed E-state index contributed by atoms with van der Waals surface area (Å²) in [4.78, 5) is 15.1. The van der Waals surface area contributed by atoms with E-state index < -0.39 is 11.0 Å². The second-order valence-electron chi connectivity index (χ2n) is 7.69. The number of carbonyl (C=O) groups is 1. The maximum absolute atomic E-state index is 12.8. The number of hydrogen-bond donors (Lipinski definition) is 2. The highest BCUT2D eigenvalue weighted by Gasteiger charge is 2.62. The van der Waals surface area contributed by atoms with Crippen LogP contribution in [0.3, 0.4) is 0 Å². The first kappa shape index (κ1) is 27.9. The van der Waals surface area contributed by atoms with Gasteiger partial charge in [0.2, 0.25) is 5.91 Å². The highest BCUT2D eigenvalue weighted by Crippen LogP contribution is 2.50. The maximum atomic E-state index is 12.8. The zero-order valence-electron chi connectivity index (χ0n) is 18.2.